The van der Waals surface area contributed by atoms with Crippen molar-refractivity contribution in [1.82, 2.24) is 40.4 Å². The van der Waals surface area contributed by atoms with E-state index in [1.54, 1.807) is 20.4 Å². The molecule has 0 spiro atoms. The Hall–Kier alpha value is -6.66. The monoisotopic (exact) mass is 962 g/mol. The van der Waals surface area contributed by atoms with Crippen LogP contribution in [-0.2, 0) is 28.5 Å². The average molecular weight is 963 g/mol. The van der Waals surface area contributed by atoms with Crippen LogP contribution in [0.1, 0.15) is 83.5 Å². The van der Waals surface area contributed by atoms with Gasteiger partial charge in [-0.15, -0.1) is 0 Å². The molecule has 3 aromatic carbocycles. The molecule has 1 saturated carbocycles. The van der Waals surface area contributed by atoms with Crippen molar-refractivity contribution in [3.63, 3.8) is 0 Å². The molecule has 2 aromatic heterocycles. The smallest absolute Gasteiger partial charge is 0.407 e. The summed E-state index contributed by atoms with van der Waals surface area (Å²) >= 11 is 0. The van der Waals surface area contributed by atoms with E-state index in [9.17, 15) is 19.2 Å². The fourth-order valence-electron chi connectivity index (χ4n) is 10.3. The van der Waals surface area contributed by atoms with Crippen LogP contribution in [0.4, 0.5) is 9.59 Å². The summed E-state index contributed by atoms with van der Waals surface area (Å²) in [5, 5.41) is 5.48. The zero-order chi connectivity index (χ0) is 49.6. The van der Waals surface area contributed by atoms with Gasteiger partial charge in [-0.25, -0.2) is 19.6 Å². The molecule has 4 N–H and O–H groups in total. The van der Waals surface area contributed by atoms with Gasteiger partial charge in [0.05, 0.1) is 62.4 Å². The molecule has 18 heteroatoms. The number of rotatable bonds is 19. The lowest BCUT2D eigenvalue weighted by molar-refractivity contribution is -0.139. The molecule has 2 bridgehead atoms. The number of likely N-dealkylation sites (tertiary alicyclic amines) is 2. The fourth-order valence-corrected chi connectivity index (χ4v) is 10.3. The van der Waals surface area contributed by atoms with E-state index in [0.717, 1.165) is 71.0 Å². The molecule has 8 rings (SSSR count). The highest BCUT2D eigenvalue weighted by atomic mass is 16.6. The Labute approximate surface area is 408 Å². The quantitative estimate of drug-likeness (QED) is 0.0584. The van der Waals surface area contributed by atoms with Gasteiger partial charge in [-0.2, -0.15) is 0 Å². The number of imidazole rings is 2. The summed E-state index contributed by atoms with van der Waals surface area (Å²) in [5.74, 6) is 2.05. The molecule has 3 fully saturated rings. The van der Waals surface area contributed by atoms with Gasteiger partial charge in [-0.05, 0) is 90.8 Å². The predicted molar refractivity (Wildman–Crippen MR) is 262 cm³/mol. The van der Waals surface area contributed by atoms with Crippen LogP contribution in [-0.4, -0.2) is 133 Å². The molecule has 3 aliphatic rings. The Morgan fingerprint density at radius 3 is 1.96 bits per heavy atom. The first-order chi connectivity index (χ1) is 33.8. The normalized spacial score (nSPS) is 19.5. The van der Waals surface area contributed by atoms with E-state index in [2.05, 4.69) is 50.9 Å². The van der Waals surface area contributed by atoms with Crippen LogP contribution in [0, 0.1) is 17.8 Å². The van der Waals surface area contributed by atoms with E-state index < -0.39 is 24.3 Å². The van der Waals surface area contributed by atoms with Gasteiger partial charge < -0.3 is 58.8 Å². The van der Waals surface area contributed by atoms with Crippen molar-refractivity contribution in [2.45, 2.75) is 90.0 Å². The molecule has 2 aliphatic heterocycles. The zero-order valence-electron chi connectivity index (χ0n) is 41.3. The van der Waals surface area contributed by atoms with Gasteiger partial charge >= 0.3 is 12.2 Å². The van der Waals surface area contributed by atoms with Crippen molar-refractivity contribution in [2.75, 3.05) is 61.4 Å². The zero-order valence-corrected chi connectivity index (χ0v) is 41.3. The number of ether oxygens (including phenoxy) is 6. The van der Waals surface area contributed by atoms with E-state index in [-0.39, 0.29) is 60.9 Å². The summed E-state index contributed by atoms with van der Waals surface area (Å²) in [4.78, 5) is 73.1. The number of nitrogens with one attached hydrogen (secondary N) is 4. The summed E-state index contributed by atoms with van der Waals surface area (Å²) in [6.45, 7) is 9.40. The fraction of sp³-hybridized carbons (Fsp3) is 0.500. The first-order valence-electron chi connectivity index (χ1n) is 24.2. The summed E-state index contributed by atoms with van der Waals surface area (Å²) in [7, 11) is 5.83. The molecule has 2 saturated heterocycles. The third-order valence-corrected chi connectivity index (χ3v) is 13.8. The van der Waals surface area contributed by atoms with Crippen molar-refractivity contribution in [1.29, 1.82) is 0 Å². The maximum absolute atomic E-state index is 14.3. The predicted octanol–water partition coefficient (Wildman–Crippen LogP) is 7.81. The lowest BCUT2D eigenvalue weighted by Crippen LogP contribution is -2.54. The second-order valence-corrected chi connectivity index (χ2v) is 18.9. The number of carbonyl (C=O) groups is 4. The summed E-state index contributed by atoms with van der Waals surface area (Å²) in [5.41, 5.74) is 6.75. The molecule has 1 aliphatic carbocycles. The number of carbonyl (C=O) groups excluding carboxylic acids is 4. The molecular formula is C52H66N8O10. The van der Waals surface area contributed by atoms with Gasteiger partial charge in [0.15, 0.2) is 11.5 Å². The number of methoxy groups -OCH3 is 4. The van der Waals surface area contributed by atoms with Crippen LogP contribution in [0.5, 0.6) is 11.5 Å². The topological polar surface area (TPSA) is 212 Å². The number of aromatic nitrogens is 4. The number of aromatic amines is 2. The highest BCUT2D eigenvalue weighted by molar-refractivity contribution is 5.89. The Bertz CT molecular complexity index is 2650. The maximum atomic E-state index is 14.3. The number of piperidine rings is 1. The Morgan fingerprint density at radius 1 is 0.700 bits per heavy atom. The SMILES string of the molecule is COCCOc1c(-c2ccc(-c3ccc4nc([C@@H]5CCCN5C(=O)[C@@H](NC(=O)OC)C(C)C)[nH]c4c3)cc2)ccc(-c2cnc([C@@H]3[C@@H]4CC[C@H](C4)N3C(=O)[C@@H](NC(=O)OC)C(C)C)[nH]2)c1OCCOC. The van der Waals surface area contributed by atoms with Gasteiger partial charge in [0, 0.05) is 37.9 Å². The standard InChI is InChI=1S/C52H66N8O10/c1-29(2)42(57-51(63)67-7)49(61)59-21-9-10-41(59)47-54-38-20-16-33(27-39(38)55-47)31-11-13-32(14-12-31)36-18-19-37(46(70-25-23-66-6)45(36)69-24-22-65-5)40-28-53-48(56-40)44-34-15-17-35(26-34)60(44)50(62)43(30(3)4)58-52(64)68-8/h11-14,16,18-20,27-30,34-35,41-44H,9-10,15,17,21-26H2,1-8H3,(H,53,56)(H,54,55)(H,57,63)(H,58,64)/t34-,35-,41+,42+,43+,44+/m1/s1. The van der Waals surface area contributed by atoms with Crippen molar-refractivity contribution < 1.29 is 47.6 Å². The van der Waals surface area contributed by atoms with E-state index in [4.69, 9.17) is 38.4 Å². The number of benzene rings is 3. The van der Waals surface area contributed by atoms with Crippen LogP contribution in [0.25, 0.3) is 44.5 Å². The molecule has 5 aromatic rings. The van der Waals surface area contributed by atoms with E-state index in [0.29, 0.717) is 48.6 Å². The van der Waals surface area contributed by atoms with Crippen molar-refractivity contribution >= 4 is 35.0 Å². The second-order valence-electron chi connectivity index (χ2n) is 18.9. The van der Waals surface area contributed by atoms with Crippen LogP contribution < -0.4 is 20.1 Å². The molecule has 4 amide bonds. The van der Waals surface area contributed by atoms with E-state index in [1.165, 1.54) is 14.2 Å². The van der Waals surface area contributed by atoms with Crippen molar-refractivity contribution in [3.8, 4) is 45.0 Å². The van der Waals surface area contributed by atoms with Gasteiger partial charge in [-0.3, -0.25) is 9.59 Å². The van der Waals surface area contributed by atoms with E-state index in [1.807, 2.05) is 61.8 Å². The van der Waals surface area contributed by atoms with Gasteiger partial charge in [0.1, 0.15) is 36.9 Å². The number of amides is 4. The third-order valence-electron chi connectivity index (χ3n) is 13.8. The Kier molecular flexibility index (Phi) is 15.6. The largest absolute Gasteiger partial charge is 0.487 e. The maximum Gasteiger partial charge on any atom is 0.407 e. The number of H-pyrrole nitrogens is 2. The molecule has 18 nitrogen and oxygen atoms in total. The van der Waals surface area contributed by atoms with Crippen LogP contribution in [0.15, 0.2) is 60.8 Å². The minimum Gasteiger partial charge on any atom is -0.487 e. The lowest BCUT2D eigenvalue weighted by Gasteiger charge is -2.37. The Balaban J connectivity index is 1.08. The lowest BCUT2D eigenvalue weighted by atomic mass is 9.95. The second kappa shape index (κ2) is 22.0. The van der Waals surface area contributed by atoms with E-state index >= 15 is 0 Å². The molecule has 0 unspecified atom stereocenters. The molecular weight excluding hydrogens is 897 g/mol. The molecule has 374 valence electrons. The molecule has 4 heterocycles. The van der Waals surface area contributed by atoms with Gasteiger partial charge in [0.2, 0.25) is 11.8 Å². The Morgan fingerprint density at radius 2 is 1.31 bits per heavy atom. The first kappa shape index (κ1) is 49.8. The minimum absolute atomic E-state index is 0.0480. The van der Waals surface area contributed by atoms with Gasteiger partial charge in [-0.1, -0.05) is 58.0 Å². The molecule has 0 radical (unpaired) electrons. The summed E-state index contributed by atoms with van der Waals surface area (Å²) < 4.78 is 33.5. The number of nitrogens with zero attached hydrogens (tertiary/aromatic N) is 4. The summed E-state index contributed by atoms with van der Waals surface area (Å²) in [6, 6.07) is 16.4. The number of hydrogen-bond donors (Lipinski definition) is 4. The molecule has 6 atom stereocenters. The van der Waals surface area contributed by atoms with Crippen LogP contribution >= 0.6 is 0 Å². The van der Waals surface area contributed by atoms with Gasteiger partial charge in [0.25, 0.3) is 0 Å². The summed E-state index contributed by atoms with van der Waals surface area (Å²) in [6.07, 6.45) is 4.81. The number of alkyl carbamates (subject to hydrolysis) is 2. The third kappa shape index (κ3) is 10.3. The highest BCUT2D eigenvalue weighted by Crippen LogP contribution is 2.51. The highest BCUT2D eigenvalue weighted by Gasteiger charge is 2.51. The molecule has 70 heavy (non-hydrogen) atoms. The van der Waals surface area contributed by atoms with Crippen molar-refractivity contribution in [2.24, 2.45) is 17.8 Å². The minimum atomic E-state index is -0.747. The number of hydrogen-bond acceptors (Lipinski definition) is 12. The first-order valence-corrected chi connectivity index (χ1v) is 24.2. The average Bonchev–Trinajstić information content (AvgIpc) is 4.23. The number of fused-ring (bicyclic) bond motifs is 3. The van der Waals surface area contributed by atoms with Crippen molar-refractivity contribution in [3.05, 3.63) is 72.4 Å². The van der Waals surface area contributed by atoms with Crippen LogP contribution in [0.2, 0.25) is 0 Å². The van der Waals surface area contributed by atoms with Crippen LogP contribution in [0.3, 0.4) is 0 Å².